The van der Waals surface area contributed by atoms with Crippen molar-refractivity contribution in [2.45, 2.75) is 6.92 Å². The van der Waals surface area contributed by atoms with Crippen LogP contribution in [0, 0.1) is 6.92 Å². The number of nitrogens with zero attached hydrogens (tertiary/aromatic N) is 2. The molecule has 0 aliphatic carbocycles. The summed E-state index contributed by atoms with van der Waals surface area (Å²) in [4.78, 5) is 4.26. The SMILES string of the molecule is Cc1cnc(NN2CCOCC2)cc1N. The van der Waals surface area contributed by atoms with E-state index in [9.17, 15) is 0 Å². The van der Waals surface area contributed by atoms with E-state index in [4.69, 9.17) is 10.5 Å². The number of hydrazine groups is 1. The number of anilines is 2. The van der Waals surface area contributed by atoms with Crippen LogP contribution in [0.5, 0.6) is 0 Å². The van der Waals surface area contributed by atoms with Crippen molar-refractivity contribution in [3.63, 3.8) is 0 Å². The number of hydrogen-bond donors (Lipinski definition) is 2. The van der Waals surface area contributed by atoms with Gasteiger partial charge in [-0.05, 0) is 12.5 Å². The summed E-state index contributed by atoms with van der Waals surface area (Å²) in [6, 6.07) is 1.85. The average Bonchev–Trinajstić information content (AvgIpc) is 2.25. The summed E-state index contributed by atoms with van der Waals surface area (Å²) < 4.78 is 5.25. The van der Waals surface area contributed by atoms with Crippen LogP contribution in [-0.2, 0) is 4.74 Å². The summed E-state index contributed by atoms with van der Waals surface area (Å²) in [6.07, 6.45) is 1.78. The van der Waals surface area contributed by atoms with E-state index in [1.165, 1.54) is 0 Å². The van der Waals surface area contributed by atoms with Crippen LogP contribution < -0.4 is 11.2 Å². The number of rotatable bonds is 2. The zero-order chi connectivity index (χ0) is 10.7. The first kappa shape index (κ1) is 10.2. The molecule has 0 amide bonds. The lowest BCUT2D eigenvalue weighted by atomic mass is 10.2. The van der Waals surface area contributed by atoms with Gasteiger partial charge >= 0.3 is 0 Å². The highest BCUT2D eigenvalue weighted by molar-refractivity contribution is 5.53. The summed E-state index contributed by atoms with van der Waals surface area (Å²) in [7, 11) is 0. The monoisotopic (exact) mass is 208 g/mol. The summed E-state index contributed by atoms with van der Waals surface area (Å²) in [5.74, 6) is 0.792. The Hall–Kier alpha value is -1.33. The average molecular weight is 208 g/mol. The number of hydrogen-bond acceptors (Lipinski definition) is 5. The van der Waals surface area contributed by atoms with E-state index in [-0.39, 0.29) is 0 Å². The summed E-state index contributed by atoms with van der Waals surface area (Å²) >= 11 is 0. The summed E-state index contributed by atoms with van der Waals surface area (Å²) in [6.45, 7) is 5.20. The van der Waals surface area contributed by atoms with E-state index in [0.29, 0.717) is 0 Å². The van der Waals surface area contributed by atoms with Crippen molar-refractivity contribution in [1.82, 2.24) is 9.99 Å². The number of morpholine rings is 1. The third-order valence-electron chi connectivity index (χ3n) is 2.43. The van der Waals surface area contributed by atoms with E-state index in [0.717, 1.165) is 43.4 Å². The lowest BCUT2D eigenvalue weighted by molar-refractivity contribution is 0.0495. The van der Waals surface area contributed by atoms with Gasteiger partial charge in [-0.1, -0.05) is 0 Å². The van der Waals surface area contributed by atoms with Crippen LogP contribution in [0.2, 0.25) is 0 Å². The van der Waals surface area contributed by atoms with Crippen molar-refractivity contribution in [2.24, 2.45) is 0 Å². The third kappa shape index (κ3) is 2.57. The van der Waals surface area contributed by atoms with Crippen molar-refractivity contribution < 1.29 is 4.74 Å². The fourth-order valence-corrected chi connectivity index (χ4v) is 1.44. The second-order valence-electron chi connectivity index (χ2n) is 3.64. The van der Waals surface area contributed by atoms with E-state index >= 15 is 0 Å². The van der Waals surface area contributed by atoms with Crippen molar-refractivity contribution >= 4 is 11.5 Å². The Morgan fingerprint density at radius 3 is 2.87 bits per heavy atom. The van der Waals surface area contributed by atoms with Gasteiger partial charge in [0.15, 0.2) is 0 Å². The fourth-order valence-electron chi connectivity index (χ4n) is 1.44. The van der Waals surface area contributed by atoms with Crippen molar-refractivity contribution in [3.8, 4) is 0 Å². The Balaban J connectivity index is 2.00. The van der Waals surface area contributed by atoms with Gasteiger partial charge in [0, 0.05) is 31.0 Å². The molecule has 0 atom stereocenters. The van der Waals surface area contributed by atoms with Crippen LogP contribution in [0.15, 0.2) is 12.3 Å². The highest BCUT2D eigenvalue weighted by atomic mass is 16.5. The smallest absolute Gasteiger partial charge is 0.142 e. The van der Waals surface area contributed by atoms with Gasteiger partial charge in [-0.25, -0.2) is 9.99 Å². The Labute approximate surface area is 89.2 Å². The molecule has 0 spiro atoms. The molecular formula is C10H16N4O. The van der Waals surface area contributed by atoms with E-state index in [1.807, 2.05) is 13.0 Å². The van der Waals surface area contributed by atoms with Gasteiger partial charge in [0.1, 0.15) is 5.82 Å². The second-order valence-corrected chi connectivity index (χ2v) is 3.64. The molecule has 15 heavy (non-hydrogen) atoms. The zero-order valence-corrected chi connectivity index (χ0v) is 8.86. The molecular weight excluding hydrogens is 192 g/mol. The number of pyridine rings is 1. The maximum atomic E-state index is 5.80. The molecule has 0 unspecified atom stereocenters. The number of aryl methyl sites for hydroxylation is 1. The Morgan fingerprint density at radius 2 is 2.20 bits per heavy atom. The molecule has 1 saturated heterocycles. The minimum Gasteiger partial charge on any atom is -0.398 e. The van der Waals surface area contributed by atoms with Gasteiger partial charge in [-0.3, -0.25) is 0 Å². The van der Waals surface area contributed by atoms with Gasteiger partial charge in [-0.15, -0.1) is 0 Å². The molecule has 1 aromatic rings. The molecule has 1 fully saturated rings. The number of ether oxygens (including phenoxy) is 1. The number of aromatic nitrogens is 1. The first-order valence-electron chi connectivity index (χ1n) is 5.07. The molecule has 1 aliphatic heterocycles. The molecule has 3 N–H and O–H groups in total. The van der Waals surface area contributed by atoms with Crippen LogP contribution in [0.4, 0.5) is 11.5 Å². The van der Waals surface area contributed by atoms with Crippen LogP contribution in [-0.4, -0.2) is 36.3 Å². The van der Waals surface area contributed by atoms with Gasteiger partial charge in [-0.2, -0.15) is 0 Å². The summed E-state index contributed by atoms with van der Waals surface area (Å²) in [5, 5.41) is 2.08. The van der Waals surface area contributed by atoms with E-state index in [2.05, 4.69) is 15.4 Å². The molecule has 0 bridgehead atoms. The van der Waals surface area contributed by atoms with Crippen molar-refractivity contribution in [3.05, 3.63) is 17.8 Å². The molecule has 2 heterocycles. The number of nitrogens with one attached hydrogen (secondary N) is 1. The van der Waals surface area contributed by atoms with Crippen LogP contribution in [0.3, 0.4) is 0 Å². The maximum Gasteiger partial charge on any atom is 0.142 e. The quantitative estimate of drug-likeness (QED) is 0.746. The molecule has 0 aromatic carbocycles. The third-order valence-corrected chi connectivity index (χ3v) is 2.43. The predicted molar refractivity (Wildman–Crippen MR) is 59.4 cm³/mol. The first-order valence-corrected chi connectivity index (χ1v) is 5.07. The standard InChI is InChI=1S/C10H16N4O/c1-8-7-12-10(6-9(8)11)13-14-2-4-15-5-3-14/h6-7H,2-5H2,1H3,(H3,11,12,13). The maximum absolute atomic E-state index is 5.80. The van der Waals surface area contributed by atoms with Crippen LogP contribution >= 0.6 is 0 Å². The molecule has 82 valence electrons. The fraction of sp³-hybridized carbons (Fsp3) is 0.500. The number of nitrogen functional groups attached to an aromatic ring is 1. The van der Waals surface area contributed by atoms with Gasteiger partial charge < -0.3 is 15.9 Å². The number of nitrogens with two attached hydrogens (primary N) is 1. The normalized spacial score (nSPS) is 17.7. The topological polar surface area (TPSA) is 63.4 Å². The lowest BCUT2D eigenvalue weighted by Gasteiger charge is -2.27. The minimum absolute atomic E-state index is 0.758. The van der Waals surface area contributed by atoms with Crippen molar-refractivity contribution in [1.29, 1.82) is 0 Å². The van der Waals surface area contributed by atoms with Crippen LogP contribution in [0.1, 0.15) is 5.56 Å². The summed E-state index contributed by atoms with van der Waals surface area (Å²) in [5.41, 5.74) is 10.8. The van der Waals surface area contributed by atoms with Crippen molar-refractivity contribution in [2.75, 3.05) is 37.5 Å². The molecule has 0 saturated carbocycles. The molecule has 1 aliphatic rings. The van der Waals surface area contributed by atoms with Gasteiger partial charge in [0.25, 0.3) is 0 Å². The highest BCUT2D eigenvalue weighted by Gasteiger charge is 2.10. The second kappa shape index (κ2) is 4.46. The lowest BCUT2D eigenvalue weighted by Crippen LogP contribution is -2.40. The Kier molecular flexibility index (Phi) is 3.03. The molecule has 2 rings (SSSR count). The molecule has 5 heteroatoms. The first-order chi connectivity index (χ1) is 7.25. The van der Waals surface area contributed by atoms with Gasteiger partial charge in [0.05, 0.1) is 13.2 Å². The predicted octanol–water partition coefficient (Wildman–Crippen LogP) is 0.631. The molecule has 0 radical (unpaired) electrons. The minimum atomic E-state index is 0.758. The molecule has 5 nitrogen and oxygen atoms in total. The molecule has 1 aromatic heterocycles. The highest BCUT2D eigenvalue weighted by Crippen LogP contribution is 2.14. The van der Waals surface area contributed by atoms with E-state index < -0.39 is 0 Å². The van der Waals surface area contributed by atoms with Gasteiger partial charge in [0.2, 0.25) is 0 Å². The zero-order valence-electron chi connectivity index (χ0n) is 8.86. The van der Waals surface area contributed by atoms with E-state index in [1.54, 1.807) is 6.20 Å². The Bertz CT molecular complexity index is 336. The Morgan fingerprint density at radius 1 is 1.47 bits per heavy atom. The van der Waals surface area contributed by atoms with Crippen LogP contribution in [0.25, 0.3) is 0 Å². The largest absolute Gasteiger partial charge is 0.398 e.